The molecular formula is C32H34N8O4. The van der Waals surface area contributed by atoms with Gasteiger partial charge in [0.15, 0.2) is 12.1 Å². The van der Waals surface area contributed by atoms with Crippen LogP contribution in [0.15, 0.2) is 61.3 Å². The van der Waals surface area contributed by atoms with Crippen molar-refractivity contribution in [3.63, 3.8) is 0 Å². The van der Waals surface area contributed by atoms with Crippen molar-refractivity contribution >= 4 is 22.9 Å². The smallest absolute Gasteiger partial charge is 0.407 e. The molecule has 0 bridgehead atoms. The van der Waals surface area contributed by atoms with Crippen LogP contribution in [-0.4, -0.2) is 64.9 Å². The highest BCUT2D eigenvalue weighted by Crippen LogP contribution is 2.35. The third-order valence-corrected chi connectivity index (χ3v) is 8.00. The van der Waals surface area contributed by atoms with E-state index in [2.05, 4.69) is 25.3 Å². The van der Waals surface area contributed by atoms with Gasteiger partial charge in [-0.05, 0) is 73.6 Å². The Morgan fingerprint density at radius 2 is 2.05 bits per heavy atom. The van der Waals surface area contributed by atoms with Gasteiger partial charge in [0.1, 0.15) is 11.4 Å². The monoisotopic (exact) mass is 594 g/mol. The molecule has 0 aliphatic carbocycles. The first-order valence-electron chi connectivity index (χ1n) is 14.7. The Morgan fingerprint density at radius 3 is 2.80 bits per heavy atom. The minimum Gasteiger partial charge on any atom is -0.465 e. The number of H-pyrrole nitrogens is 1. The van der Waals surface area contributed by atoms with E-state index in [-0.39, 0.29) is 18.7 Å². The van der Waals surface area contributed by atoms with Crippen molar-refractivity contribution in [3.8, 4) is 22.6 Å². The van der Waals surface area contributed by atoms with Crippen LogP contribution in [0.1, 0.15) is 59.6 Å². The number of ether oxygens (including phenoxy) is 1. The van der Waals surface area contributed by atoms with E-state index in [4.69, 9.17) is 9.84 Å². The van der Waals surface area contributed by atoms with Crippen LogP contribution in [0.4, 0.5) is 4.79 Å². The number of benzene rings is 1. The van der Waals surface area contributed by atoms with Crippen molar-refractivity contribution in [1.82, 2.24) is 39.9 Å². The molecule has 12 heteroatoms. The number of carbonyl (C=O) groups is 2. The van der Waals surface area contributed by atoms with Gasteiger partial charge in [-0.15, -0.1) is 0 Å². The minimum atomic E-state index is -0.968. The SMILES string of the molecule is CCN(Cc1cncc(-c2ccc3c(c2)c(-c2ncc(C(=O)NCc4cccnc4)[nH]2)nn3C2CCCCO2)c1C)C(=O)O. The maximum Gasteiger partial charge on any atom is 0.407 e. The summed E-state index contributed by atoms with van der Waals surface area (Å²) >= 11 is 0. The normalized spacial score (nSPS) is 14.9. The molecule has 2 amide bonds. The molecule has 3 N–H and O–H groups in total. The summed E-state index contributed by atoms with van der Waals surface area (Å²) < 4.78 is 8.00. The number of hydrogen-bond acceptors (Lipinski definition) is 7. The summed E-state index contributed by atoms with van der Waals surface area (Å²) in [6.45, 7) is 5.44. The summed E-state index contributed by atoms with van der Waals surface area (Å²) in [4.78, 5) is 42.2. The third-order valence-electron chi connectivity index (χ3n) is 8.00. The zero-order valence-electron chi connectivity index (χ0n) is 24.7. The van der Waals surface area contributed by atoms with E-state index in [1.165, 1.54) is 11.1 Å². The molecule has 1 fully saturated rings. The molecule has 0 spiro atoms. The first-order chi connectivity index (χ1) is 21.4. The summed E-state index contributed by atoms with van der Waals surface area (Å²) in [5.41, 5.74) is 6.31. The molecule has 5 heterocycles. The van der Waals surface area contributed by atoms with Crippen LogP contribution in [0.5, 0.6) is 0 Å². The second-order valence-electron chi connectivity index (χ2n) is 10.8. The molecule has 0 saturated carbocycles. The predicted molar refractivity (Wildman–Crippen MR) is 164 cm³/mol. The van der Waals surface area contributed by atoms with Crippen molar-refractivity contribution in [2.24, 2.45) is 0 Å². The van der Waals surface area contributed by atoms with E-state index in [1.807, 2.05) is 48.9 Å². The lowest BCUT2D eigenvalue weighted by Gasteiger charge is -2.23. The zero-order chi connectivity index (χ0) is 30.6. The Morgan fingerprint density at radius 1 is 1.16 bits per heavy atom. The summed E-state index contributed by atoms with van der Waals surface area (Å²) in [6, 6.07) is 9.81. The van der Waals surface area contributed by atoms with E-state index in [0.29, 0.717) is 36.9 Å². The molecule has 0 radical (unpaired) electrons. The minimum absolute atomic E-state index is 0.203. The first kappa shape index (κ1) is 29.0. The van der Waals surface area contributed by atoms with Gasteiger partial charge in [-0.2, -0.15) is 5.10 Å². The fourth-order valence-electron chi connectivity index (χ4n) is 5.50. The van der Waals surface area contributed by atoms with E-state index < -0.39 is 6.09 Å². The van der Waals surface area contributed by atoms with Gasteiger partial charge in [0, 0.05) is 55.4 Å². The fraction of sp³-hybridized carbons (Fsp3) is 0.312. The van der Waals surface area contributed by atoms with Crippen molar-refractivity contribution in [2.45, 2.75) is 52.4 Å². The summed E-state index contributed by atoms with van der Waals surface area (Å²) in [7, 11) is 0. The van der Waals surface area contributed by atoms with Crippen molar-refractivity contribution in [1.29, 1.82) is 0 Å². The number of imidazole rings is 1. The zero-order valence-corrected chi connectivity index (χ0v) is 24.7. The van der Waals surface area contributed by atoms with Gasteiger partial charge in [-0.1, -0.05) is 12.1 Å². The summed E-state index contributed by atoms with van der Waals surface area (Å²) in [5, 5.41) is 18.3. The maximum atomic E-state index is 12.9. The molecule has 1 aliphatic heterocycles. The van der Waals surface area contributed by atoms with Gasteiger partial charge in [-0.25, -0.2) is 14.5 Å². The molecule has 5 aromatic rings. The predicted octanol–water partition coefficient (Wildman–Crippen LogP) is 5.32. The molecule has 1 aromatic carbocycles. The van der Waals surface area contributed by atoms with Crippen molar-refractivity contribution < 1.29 is 19.4 Å². The van der Waals surface area contributed by atoms with Crippen LogP contribution in [0, 0.1) is 6.92 Å². The second-order valence-corrected chi connectivity index (χ2v) is 10.8. The molecule has 1 unspecified atom stereocenters. The summed E-state index contributed by atoms with van der Waals surface area (Å²) in [5.74, 6) is 0.186. The molecule has 4 aromatic heterocycles. The van der Waals surface area contributed by atoms with Crippen molar-refractivity contribution in [3.05, 3.63) is 83.7 Å². The Bertz CT molecular complexity index is 1790. The average Bonchev–Trinajstić information content (AvgIpc) is 3.69. The second kappa shape index (κ2) is 12.6. The fourth-order valence-corrected chi connectivity index (χ4v) is 5.50. The molecule has 6 rings (SSSR count). The van der Waals surface area contributed by atoms with Crippen LogP contribution >= 0.6 is 0 Å². The highest BCUT2D eigenvalue weighted by molar-refractivity contribution is 5.97. The van der Waals surface area contributed by atoms with Gasteiger partial charge >= 0.3 is 6.09 Å². The number of rotatable bonds is 9. The molecule has 44 heavy (non-hydrogen) atoms. The molecule has 1 saturated heterocycles. The van der Waals surface area contributed by atoms with E-state index in [1.54, 1.807) is 24.8 Å². The van der Waals surface area contributed by atoms with Gasteiger partial charge in [0.2, 0.25) is 0 Å². The number of nitrogens with one attached hydrogen (secondary N) is 2. The van der Waals surface area contributed by atoms with Crippen LogP contribution in [0.2, 0.25) is 0 Å². The lowest BCUT2D eigenvalue weighted by Crippen LogP contribution is -2.28. The maximum absolute atomic E-state index is 12.9. The molecule has 12 nitrogen and oxygen atoms in total. The number of aromatic nitrogens is 6. The van der Waals surface area contributed by atoms with Crippen LogP contribution in [0.25, 0.3) is 33.5 Å². The molecule has 1 atom stereocenters. The van der Waals surface area contributed by atoms with E-state index >= 15 is 0 Å². The number of aromatic amines is 1. The van der Waals surface area contributed by atoms with Crippen LogP contribution in [-0.2, 0) is 17.8 Å². The van der Waals surface area contributed by atoms with E-state index in [9.17, 15) is 14.7 Å². The number of nitrogens with zero attached hydrogens (tertiary/aromatic N) is 6. The largest absolute Gasteiger partial charge is 0.465 e. The van der Waals surface area contributed by atoms with Gasteiger partial charge in [0.05, 0.1) is 18.3 Å². The highest BCUT2D eigenvalue weighted by Gasteiger charge is 2.24. The topological polar surface area (TPSA) is 151 Å². The number of fused-ring (bicyclic) bond motifs is 1. The van der Waals surface area contributed by atoms with Gasteiger partial charge < -0.3 is 25.0 Å². The average molecular weight is 595 g/mol. The van der Waals surface area contributed by atoms with E-state index in [0.717, 1.165) is 58.0 Å². The quantitative estimate of drug-likeness (QED) is 0.207. The lowest BCUT2D eigenvalue weighted by molar-refractivity contribution is -0.0365. The number of pyridine rings is 2. The Balaban J connectivity index is 1.37. The molecular weight excluding hydrogens is 560 g/mol. The third kappa shape index (κ3) is 5.88. The Labute approximate surface area is 254 Å². The number of amides is 2. The highest BCUT2D eigenvalue weighted by atomic mass is 16.5. The lowest BCUT2D eigenvalue weighted by atomic mass is 9.97. The molecule has 226 valence electrons. The van der Waals surface area contributed by atoms with Crippen LogP contribution < -0.4 is 5.32 Å². The van der Waals surface area contributed by atoms with Gasteiger partial charge in [-0.3, -0.25) is 14.8 Å². The summed E-state index contributed by atoms with van der Waals surface area (Å²) in [6.07, 6.45) is 10.2. The number of hydrogen-bond donors (Lipinski definition) is 3. The molecule has 1 aliphatic rings. The first-order valence-corrected chi connectivity index (χ1v) is 14.7. The Hall–Kier alpha value is -5.10. The standard InChI is InChI=1S/C32H34N8O4/c1-3-39(32(42)43)19-23-16-34-17-25(20(23)2)22-9-10-27-24(13-22)29(38-40(27)28-8-4-5-12-44-28)30-35-18-26(37-30)31(41)36-15-21-7-6-11-33-14-21/h6-7,9-11,13-14,16-18,28H,3-5,8,12,15,19H2,1-2H3,(H,35,37)(H,36,41)(H,42,43). The number of carboxylic acid groups (broad SMARTS) is 1. The van der Waals surface area contributed by atoms with Crippen LogP contribution in [0.3, 0.4) is 0 Å². The number of carbonyl (C=O) groups excluding carboxylic acids is 1. The van der Waals surface area contributed by atoms with Gasteiger partial charge in [0.25, 0.3) is 5.91 Å². The Kier molecular flexibility index (Phi) is 8.33. The van der Waals surface area contributed by atoms with Crippen molar-refractivity contribution in [2.75, 3.05) is 13.2 Å².